The molecular formula is C16H10O2. The molecule has 0 atom stereocenters. The van der Waals surface area contributed by atoms with Crippen molar-refractivity contribution < 1.29 is 9.59 Å². The fraction of sp³-hybridized carbons (Fsp3) is 0. The summed E-state index contributed by atoms with van der Waals surface area (Å²) < 4.78 is 0. The van der Waals surface area contributed by atoms with E-state index in [1.807, 2.05) is 54.6 Å². The number of Topliss-reactive ketones (excluding diaryl/α,β-unsaturated/α-hetero) is 2. The van der Waals surface area contributed by atoms with Crippen molar-refractivity contribution in [1.82, 2.24) is 0 Å². The summed E-state index contributed by atoms with van der Waals surface area (Å²) >= 11 is 0. The Hall–Kier alpha value is -2.48. The molecule has 3 rings (SSSR count). The molecule has 2 nitrogen and oxygen atoms in total. The molecule has 1 aliphatic carbocycles. The van der Waals surface area contributed by atoms with E-state index in [0.29, 0.717) is 5.57 Å². The summed E-state index contributed by atoms with van der Waals surface area (Å²) in [7, 11) is 0. The van der Waals surface area contributed by atoms with Crippen LogP contribution >= 0.6 is 0 Å². The zero-order valence-corrected chi connectivity index (χ0v) is 9.59. The number of carbonyl (C=O) groups is 2. The van der Waals surface area contributed by atoms with Crippen LogP contribution in [0.3, 0.4) is 0 Å². The van der Waals surface area contributed by atoms with Crippen molar-refractivity contribution in [2.75, 3.05) is 0 Å². The van der Waals surface area contributed by atoms with Crippen LogP contribution in [0.1, 0.15) is 5.56 Å². The lowest BCUT2D eigenvalue weighted by Crippen LogP contribution is -2.37. The predicted molar refractivity (Wildman–Crippen MR) is 69.1 cm³/mol. The first kappa shape index (κ1) is 10.7. The van der Waals surface area contributed by atoms with Crippen LogP contribution in [-0.2, 0) is 9.59 Å². The molecule has 1 aliphatic rings. The van der Waals surface area contributed by atoms with Crippen molar-refractivity contribution in [2.24, 2.45) is 0 Å². The molecule has 2 aromatic carbocycles. The first-order valence-electron chi connectivity index (χ1n) is 5.72. The molecule has 0 aliphatic heterocycles. The highest BCUT2D eigenvalue weighted by atomic mass is 16.2. The lowest BCUT2D eigenvalue weighted by Gasteiger charge is -2.09. The molecule has 0 unspecified atom stereocenters. The largest absolute Gasteiger partial charge is 0.286 e. The van der Waals surface area contributed by atoms with Crippen LogP contribution in [0.5, 0.6) is 0 Å². The first-order valence-corrected chi connectivity index (χ1v) is 5.72. The molecule has 0 amide bonds. The molecule has 0 aromatic heterocycles. The maximum Gasteiger partial charge on any atom is 0.234 e. The van der Waals surface area contributed by atoms with E-state index in [1.54, 1.807) is 0 Å². The summed E-state index contributed by atoms with van der Waals surface area (Å²) in [6.07, 6.45) is 1.41. The minimum atomic E-state index is -0.451. The molecule has 0 radical (unpaired) electrons. The molecule has 2 aromatic rings. The van der Waals surface area contributed by atoms with E-state index < -0.39 is 11.6 Å². The van der Waals surface area contributed by atoms with Crippen LogP contribution in [0.25, 0.3) is 11.6 Å². The molecule has 0 saturated carbocycles. The number of benzene rings is 2. The Kier molecular flexibility index (Phi) is 2.41. The monoisotopic (exact) mass is 234 g/mol. The van der Waals surface area contributed by atoms with Gasteiger partial charge in [-0.05, 0) is 22.1 Å². The van der Waals surface area contributed by atoms with Gasteiger partial charge in [0, 0.05) is 5.57 Å². The summed E-state index contributed by atoms with van der Waals surface area (Å²) in [5.74, 6) is -0.882. The minimum absolute atomic E-state index is 0.431. The Balaban J connectivity index is 2.45. The van der Waals surface area contributed by atoms with E-state index in [-0.39, 0.29) is 0 Å². The Morgan fingerprint density at radius 2 is 1.39 bits per heavy atom. The van der Waals surface area contributed by atoms with Crippen LogP contribution in [0.2, 0.25) is 0 Å². The molecule has 0 saturated heterocycles. The quantitative estimate of drug-likeness (QED) is 0.684. The van der Waals surface area contributed by atoms with Crippen molar-refractivity contribution in [3.8, 4) is 0 Å². The van der Waals surface area contributed by atoms with Gasteiger partial charge in [0.1, 0.15) is 0 Å². The average Bonchev–Trinajstić information content (AvgIpc) is 2.41. The van der Waals surface area contributed by atoms with Crippen LogP contribution < -0.4 is 10.4 Å². The van der Waals surface area contributed by atoms with Gasteiger partial charge in [0.05, 0.1) is 0 Å². The Morgan fingerprint density at radius 1 is 0.722 bits per heavy atom. The van der Waals surface area contributed by atoms with Gasteiger partial charge >= 0.3 is 0 Å². The third-order valence-corrected chi connectivity index (χ3v) is 3.03. The topological polar surface area (TPSA) is 34.1 Å². The maximum atomic E-state index is 12.1. The van der Waals surface area contributed by atoms with Crippen LogP contribution in [-0.4, -0.2) is 11.6 Å². The summed E-state index contributed by atoms with van der Waals surface area (Å²) in [4.78, 5) is 23.8. The van der Waals surface area contributed by atoms with E-state index >= 15 is 0 Å². The maximum absolute atomic E-state index is 12.1. The van der Waals surface area contributed by atoms with E-state index in [9.17, 15) is 9.59 Å². The number of hydrogen-bond donors (Lipinski definition) is 0. The molecule has 0 fully saturated rings. The summed E-state index contributed by atoms with van der Waals surface area (Å²) in [5, 5.41) is 1.63. The number of hydrogen-bond acceptors (Lipinski definition) is 2. The van der Waals surface area contributed by atoms with Gasteiger partial charge < -0.3 is 0 Å². The normalized spacial score (nSPS) is 14.1. The van der Waals surface area contributed by atoms with Gasteiger partial charge in [-0.25, -0.2) is 0 Å². The zero-order valence-electron chi connectivity index (χ0n) is 9.59. The number of carbonyl (C=O) groups excluding carboxylic acids is 2. The van der Waals surface area contributed by atoms with E-state index in [1.165, 1.54) is 6.08 Å². The lowest BCUT2D eigenvalue weighted by atomic mass is 9.92. The summed E-state index contributed by atoms with van der Waals surface area (Å²) in [5.41, 5.74) is 1.29. The van der Waals surface area contributed by atoms with Gasteiger partial charge in [-0.1, -0.05) is 54.6 Å². The van der Waals surface area contributed by atoms with Crippen molar-refractivity contribution in [2.45, 2.75) is 0 Å². The van der Waals surface area contributed by atoms with Gasteiger partial charge in [-0.2, -0.15) is 0 Å². The second-order valence-electron chi connectivity index (χ2n) is 4.17. The van der Waals surface area contributed by atoms with E-state index in [0.717, 1.165) is 16.0 Å². The van der Waals surface area contributed by atoms with Crippen LogP contribution in [0.15, 0.2) is 54.6 Å². The SMILES string of the molecule is O=C1C=c2ccccc2=C(c2ccccc2)C1=O. The Labute approximate surface area is 104 Å². The van der Waals surface area contributed by atoms with E-state index in [4.69, 9.17) is 0 Å². The minimum Gasteiger partial charge on any atom is -0.286 e. The van der Waals surface area contributed by atoms with Crippen LogP contribution in [0, 0.1) is 0 Å². The highest BCUT2D eigenvalue weighted by Crippen LogP contribution is 2.13. The molecular weight excluding hydrogens is 224 g/mol. The summed E-state index contributed by atoms with van der Waals surface area (Å²) in [6, 6.07) is 16.8. The second-order valence-corrected chi connectivity index (χ2v) is 4.17. The third kappa shape index (κ3) is 1.59. The van der Waals surface area contributed by atoms with Crippen molar-refractivity contribution >= 4 is 23.2 Å². The average molecular weight is 234 g/mol. The number of ketones is 2. The first-order chi connectivity index (χ1) is 8.77. The Bertz CT molecular complexity index is 755. The molecule has 0 bridgehead atoms. The third-order valence-electron chi connectivity index (χ3n) is 3.03. The molecule has 18 heavy (non-hydrogen) atoms. The second kappa shape index (κ2) is 4.08. The molecule has 86 valence electrons. The van der Waals surface area contributed by atoms with Crippen LogP contribution in [0.4, 0.5) is 0 Å². The number of fused-ring (bicyclic) bond motifs is 1. The van der Waals surface area contributed by atoms with Crippen molar-refractivity contribution in [3.63, 3.8) is 0 Å². The van der Waals surface area contributed by atoms with Gasteiger partial charge in [0.25, 0.3) is 0 Å². The van der Waals surface area contributed by atoms with Crippen molar-refractivity contribution in [1.29, 1.82) is 0 Å². The van der Waals surface area contributed by atoms with Gasteiger partial charge in [-0.15, -0.1) is 0 Å². The summed E-state index contributed by atoms with van der Waals surface area (Å²) in [6.45, 7) is 0. The smallest absolute Gasteiger partial charge is 0.234 e. The fourth-order valence-corrected chi connectivity index (χ4v) is 2.19. The highest BCUT2D eigenvalue weighted by molar-refractivity contribution is 6.61. The molecule has 2 heteroatoms. The zero-order chi connectivity index (χ0) is 12.5. The highest BCUT2D eigenvalue weighted by Gasteiger charge is 2.22. The standard InChI is InChI=1S/C16H10O2/c17-14-10-12-8-4-5-9-13(12)15(16(14)18)11-6-2-1-3-7-11/h1-10H. The number of rotatable bonds is 1. The predicted octanol–water partition coefficient (Wildman–Crippen LogP) is 0.818. The Morgan fingerprint density at radius 3 is 2.17 bits per heavy atom. The molecule has 0 spiro atoms. The molecule has 0 N–H and O–H groups in total. The van der Waals surface area contributed by atoms with Gasteiger partial charge in [0.2, 0.25) is 11.6 Å². The molecule has 0 heterocycles. The van der Waals surface area contributed by atoms with Gasteiger partial charge in [0.15, 0.2) is 0 Å². The fourth-order valence-electron chi connectivity index (χ4n) is 2.19. The van der Waals surface area contributed by atoms with Gasteiger partial charge in [-0.3, -0.25) is 9.59 Å². The van der Waals surface area contributed by atoms with E-state index in [2.05, 4.69) is 0 Å². The lowest BCUT2D eigenvalue weighted by molar-refractivity contribution is -0.129. The van der Waals surface area contributed by atoms with Crippen molar-refractivity contribution in [3.05, 3.63) is 70.6 Å².